The fraction of sp³-hybridized carbons (Fsp3) is 0.280. The maximum absolute atomic E-state index is 13.1. The highest BCUT2D eigenvalue weighted by Crippen LogP contribution is 2.42. The molecular weight excluding hydrogens is 1810 g/mol. The Morgan fingerprint density at radius 2 is 0.654 bits per heavy atom. The van der Waals surface area contributed by atoms with Gasteiger partial charge in [0.2, 0.25) is 17.7 Å². The predicted molar refractivity (Wildman–Crippen MR) is 520 cm³/mol. The van der Waals surface area contributed by atoms with Gasteiger partial charge in [0, 0.05) is 105 Å². The van der Waals surface area contributed by atoms with Gasteiger partial charge in [-0.05, 0) is 305 Å². The van der Waals surface area contributed by atoms with E-state index in [4.69, 9.17) is 24.7 Å². The number of aryl methyl sites for hydroxylation is 1. The number of amides is 8. The summed E-state index contributed by atoms with van der Waals surface area (Å²) in [5.74, 6) is 6.19. The van der Waals surface area contributed by atoms with E-state index in [9.17, 15) is 38.4 Å². The van der Waals surface area contributed by atoms with Gasteiger partial charge in [-0.1, -0.05) is 122 Å². The maximum atomic E-state index is 13.1. The highest BCUT2D eigenvalue weighted by atomic mass is 79.9. The Morgan fingerprint density at radius 3 is 1.03 bits per heavy atom. The van der Waals surface area contributed by atoms with Gasteiger partial charge in [-0.25, -0.2) is 15.0 Å². The molecule has 5 aliphatic heterocycles. The Labute approximate surface area is 792 Å². The molecule has 26 heteroatoms. The lowest BCUT2D eigenvalue weighted by atomic mass is 9.98. The van der Waals surface area contributed by atoms with Crippen molar-refractivity contribution in [2.24, 2.45) is 17.8 Å². The van der Waals surface area contributed by atoms with Crippen molar-refractivity contribution in [3.8, 4) is 23.0 Å². The molecule has 3 aromatic heterocycles. The molecule has 12 aromatic rings. The van der Waals surface area contributed by atoms with E-state index in [1.165, 1.54) is 5.56 Å². The number of carbonyl (C=O) groups is 8. The van der Waals surface area contributed by atoms with Gasteiger partial charge in [0.15, 0.2) is 0 Å². The molecule has 0 bridgehead atoms. The second-order valence-corrected chi connectivity index (χ2v) is 36.5. The normalized spacial score (nSPS) is 17.2. The Hall–Kier alpha value is -13.9. The molecular formula is C107H108Br2N12O12. The van der Waals surface area contributed by atoms with Crippen molar-refractivity contribution in [1.82, 2.24) is 39.9 Å². The molecule has 682 valence electrons. The fourth-order valence-electron chi connectivity index (χ4n) is 16.8. The van der Waals surface area contributed by atoms with Gasteiger partial charge in [-0.2, -0.15) is 0 Å². The number of nitrogen functional groups attached to an aromatic ring is 1. The zero-order valence-corrected chi connectivity index (χ0v) is 79.2. The predicted octanol–water partition coefficient (Wildman–Crippen LogP) is 20.7. The maximum Gasteiger partial charge on any atom is 0.255 e. The van der Waals surface area contributed by atoms with Crippen LogP contribution in [-0.2, 0) is 53.4 Å². The van der Waals surface area contributed by atoms with Crippen LogP contribution in [0.5, 0.6) is 23.0 Å². The van der Waals surface area contributed by atoms with Gasteiger partial charge in [-0.15, -0.1) is 0 Å². The average Bonchev–Trinajstić information content (AvgIpc) is 1.63. The molecule has 8 heterocycles. The molecule has 0 saturated heterocycles. The van der Waals surface area contributed by atoms with Crippen LogP contribution < -0.4 is 45.9 Å². The molecule has 20 rings (SSSR count). The van der Waals surface area contributed by atoms with Crippen molar-refractivity contribution in [3.05, 3.63) is 358 Å². The molecule has 3 aliphatic carbocycles. The molecule has 0 radical (unpaired) electrons. The monoisotopic (exact) mass is 1910 g/mol. The number of anilines is 4. The number of hydrogen-bond donors (Lipinski definition) is 5. The van der Waals surface area contributed by atoms with E-state index < -0.39 is 0 Å². The van der Waals surface area contributed by atoms with Crippen LogP contribution in [0.15, 0.2) is 252 Å². The van der Waals surface area contributed by atoms with Crippen molar-refractivity contribution in [2.75, 3.05) is 50.1 Å². The summed E-state index contributed by atoms with van der Waals surface area (Å²) in [6.07, 6.45) is 12.5. The molecule has 133 heavy (non-hydrogen) atoms. The van der Waals surface area contributed by atoms with E-state index >= 15 is 0 Å². The number of pyridine rings is 3. The van der Waals surface area contributed by atoms with Gasteiger partial charge in [-0.3, -0.25) is 38.4 Å². The number of aromatic nitrogens is 3. The minimum atomic E-state index is -0.00182. The van der Waals surface area contributed by atoms with Crippen LogP contribution in [0.25, 0.3) is 0 Å². The minimum absolute atomic E-state index is 0.000354. The van der Waals surface area contributed by atoms with Gasteiger partial charge in [0.1, 0.15) is 40.5 Å². The molecule has 5 atom stereocenters. The molecule has 3 saturated carbocycles. The molecule has 8 amide bonds. The van der Waals surface area contributed by atoms with E-state index in [2.05, 4.69) is 114 Å². The number of rotatable bonds is 22. The summed E-state index contributed by atoms with van der Waals surface area (Å²) in [5.41, 5.74) is 25.8. The molecule has 5 unspecified atom stereocenters. The summed E-state index contributed by atoms with van der Waals surface area (Å²) in [6, 6.07) is 72.4. The number of ether oxygens (including phenoxy) is 4. The summed E-state index contributed by atoms with van der Waals surface area (Å²) in [6.45, 7) is 14.7. The third-order valence-corrected chi connectivity index (χ3v) is 26.0. The number of carbonyl (C=O) groups excluding carboxylic acids is 8. The lowest BCUT2D eigenvalue weighted by Gasteiger charge is -2.22. The number of hydrogen-bond acceptors (Lipinski definition) is 16. The number of nitrogens with two attached hydrogens (primary N) is 1. The highest BCUT2D eigenvalue weighted by molar-refractivity contribution is 9.10. The van der Waals surface area contributed by atoms with E-state index in [1.807, 2.05) is 228 Å². The third kappa shape index (κ3) is 23.2. The summed E-state index contributed by atoms with van der Waals surface area (Å²) in [5, 5.41) is 11.5. The van der Waals surface area contributed by atoms with Crippen LogP contribution in [0.1, 0.15) is 233 Å². The summed E-state index contributed by atoms with van der Waals surface area (Å²) >= 11 is 6.78. The third-order valence-electron chi connectivity index (χ3n) is 25.1. The molecule has 3 fully saturated rings. The second-order valence-electron chi connectivity index (χ2n) is 34.6. The van der Waals surface area contributed by atoms with Crippen molar-refractivity contribution in [3.63, 3.8) is 0 Å². The van der Waals surface area contributed by atoms with Gasteiger partial charge in [0.25, 0.3) is 29.5 Å². The van der Waals surface area contributed by atoms with Crippen LogP contribution >= 0.6 is 31.9 Å². The quantitative estimate of drug-likeness (QED) is 0.0394. The minimum Gasteiger partial charge on any atom is -0.497 e. The first-order valence-electron chi connectivity index (χ1n) is 44.7. The summed E-state index contributed by atoms with van der Waals surface area (Å²) in [4.78, 5) is 118. The fourth-order valence-corrected chi connectivity index (χ4v) is 17.5. The number of methoxy groups -OCH3 is 4. The molecule has 24 nitrogen and oxygen atoms in total. The zero-order valence-electron chi connectivity index (χ0n) is 76.1. The lowest BCUT2D eigenvalue weighted by molar-refractivity contribution is -0.118. The number of nitrogens with zero attached hydrogens (tertiary/aromatic N) is 7. The zero-order chi connectivity index (χ0) is 93.8. The Bertz CT molecular complexity index is 6040. The van der Waals surface area contributed by atoms with Gasteiger partial charge in [0.05, 0.1) is 58.6 Å². The van der Waals surface area contributed by atoms with E-state index in [0.717, 1.165) is 177 Å². The topological polar surface area (TPSA) is 299 Å². The average molecular weight is 1910 g/mol. The lowest BCUT2D eigenvalue weighted by Crippen LogP contribution is -2.26. The van der Waals surface area contributed by atoms with E-state index in [0.29, 0.717) is 55.7 Å². The van der Waals surface area contributed by atoms with Crippen molar-refractivity contribution in [1.29, 1.82) is 0 Å². The number of halogens is 2. The largest absolute Gasteiger partial charge is 0.497 e. The standard InChI is InChI=1S/C27H27N3O3.C19H19N3O2.C18H19NO2.C17H16BrNO2.C17H18N2O2.C9H9BrN2O/c1-17-24-14-19(13-20-11-12-28-25(15-20)29-26(31)21-6-7-21)5-10-23(24)27(32)30(17)16-18-3-8-22(33-2)9-4-18;1-11-16-9-12(2-5-15(16)19(24)21-11)8-13-6-7-20-17(10-13)22-18(23)14-3-4-14;1-12-4-9-16-17(10-12)13(2)19(18(16)20)11-14-5-7-15(21-3)8-6-14;2*1-11-16-9-13(18)5-8-15(16)17(20)19(11)10-12-3-6-14(21-2)7-4-12;10-7-3-4-11-8(5-7)12-9(13)6-1-2-6/h3-5,8-12,14-15,17,21H,6-7,13,16H2,1-2H3,(H,28,29,31);2,5-7,9-11,14H,3-4,8H2,1H3,(H,21,24)(H,20,22,23);4-10,13H,11H2,1-3H3;3-9,11H,10H2,1-2H3;3-9,11H,10,18H2,1-2H3;3-6H,1-2H2,(H,11,12,13). The molecule has 6 N–H and O–H groups in total. The van der Waals surface area contributed by atoms with Crippen molar-refractivity contribution >= 4 is 102 Å². The van der Waals surface area contributed by atoms with Crippen molar-refractivity contribution in [2.45, 2.75) is 149 Å². The first-order valence-corrected chi connectivity index (χ1v) is 46.3. The smallest absolute Gasteiger partial charge is 0.255 e. The van der Waals surface area contributed by atoms with Crippen LogP contribution in [0.4, 0.5) is 23.1 Å². The second kappa shape index (κ2) is 42.1. The highest BCUT2D eigenvalue weighted by Gasteiger charge is 2.39. The van der Waals surface area contributed by atoms with Gasteiger partial charge >= 0.3 is 0 Å². The van der Waals surface area contributed by atoms with Crippen LogP contribution in [0.3, 0.4) is 0 Å². The molecule has 8 aliphatic rings. The molecule has 0 spiro atoms. The van der Waals surface area contributed by atoms with Gasteiger partial charge < -0.3 is 65.5 Å². The summed E-state index contributed by atoms with van der Waals surface area (Å²) < 4.78 is 22.6. The van der Waals surface area contributed by atoms with Crippen molar-refractivity contribution < 1.29 is 57.3 Å². The number of benzene rings is 9. The Kier molecular flexibility index (Phi) is 29.7. The Morgan fingerprint density at radius 1 is 0.353 bits per heavy atom. The van der Waals surface area contributed by atoms with E-state index in [-0.39, 0.29) is 95.2 Å². The first kappa shape index (κ1) is 93.8. The van der Waals surface area contributed by atoms with Crippen LogP contribution in [0, 0.1) is 24.7 Å². The number of fused-ring (bicyclic) bond motifs is 5. The SMILES string of the molecule is CC1NC(=O)c2ccc(Cc3ccnc(NC(=O)C4CC4)c3)cc21.COc1ccc(CN2C(=O)c3ccc(Br)cc3C2C)cc1.COc1ccc(CN2C(=O)c3ccc(C)cc3C2C)cc1.COc1ccc(CN2C(=O)c3ccc(Cc4ccnc(NC(=O)C5CC5)c4)cc3C2C)cc1.COc1ccc(CN2C(=O)c3ccc(N)cc3C2C)cc1.O=C(Nc1cc(Br)ccn1)C1CC1. The van der Waals surface area contributed by atoms with Crippen LogP contribution in [0.2, 0.25) is 0 Å². The van der Waals surface area contributed by atoms with Crippen LogP contribution in [-0.4, -0.2) is 110 Å². The summed E-state index contributed by atoms with van der Waals surface area (Å²) in [7, 11) is 6.59. The number of nitrogens with one attached hydrogen (secondary N) is 4. The van der Waals surface area contributed by atoms with E-state index in [1.54, 1.807) is 59.2 Å². The first-order chi connectivity index (χ1) is 64.2. The Balaban J connectivity index is 0.000000124. The molecule has 9 aromatic carbocycles.